The van der Waals surface area contributed by atoms with Crippen molar-refractivity contribution in [2.75, 3.05) is 7.05 Å². The summed E-state index contributed by atoms with van der Waals surface area (Å²) in [4.78, 5) is 1.12. The van der Waals surface area contributed by atoms with Crippen molar-refractivity contribution in [3.8, 4) is 0 Å². The van der Waals surface area contributed by atoms with Gasteiger partial charge in [0, 0.05) is 13.8 Å². The van der Waals surface area contributed by atoms with Crippen molar-refractivity contribution in [1.82, 2.24) is 5.32 Å². The quantitative estimate of drug-likeness (QED) is 0.643. The van der Waals surface area contributed by atoms with Crippen LogP contribution in [0.2, 0.25) is 0 Å². The monoisotopic (exact) mass is 455 g/mol. The molecule has 0 saturated heterocycles. The summed E-state index contributed by atoms with van der Waals surface area (Å²) in [6.07, 6.45) is 0. The van der Waals surface area contributed by atoms with Gasteiger partial charge in [-0.3, -0.25) is 0 Å². The molecule has 1 unspecified atom stereocenters. The molecule has 0 amide bonds. The average molecular weight is 458 g/mol. The number of nitrogens with one attached hydrogen (secondary N) is 1. The van der Waals surface area contributed by atoms with Gasteiger partial charge in [-0.15, -0.1) is 11.3 Å². The normalized spacial score (nSPS) is 12.7. The van der Waals surface area contributed by atoms with Crippen molar-refractivity contribution in [3.63, 3.8) is 0 Å². The summed E-state index contributed by atoms with van der Waals surface area (Å²) < 4.78 is 16.2. The van der Waals surface area contributed by atoms with Crippen LogP contribution in [0, 0.1) is 5.82 Å². The Labute approximate surface area is 134 Å². The number of thiophene rings is 1. The SMILES string of the molecule is CNC(c1cc(F)cc(Br)c1)c1cc(Br)c(Br)s1. The zero-order valence-electron chi connectivity index (χ0n) is 9.31. The lowest BCUT2D eigenvalue weighted by molar-refractivity contribution is 0.617. The van der Waals surface area contributed by atoms with Gasteiger partial charge >= 0.3 is 0 Å². The molecule has 0 spiro atoms. The molecule has 2 aromatic rings. The van der Waals surface area contributed by atoms with E-state index in [1.165, 1.54) is 6.07 Å². The highest BCUT2D eigenvalue weighted by Crippen LogP contribution is 2.38. The molecule has 0 bridgehead atoms. The van der Waals surface area contributed by atoms with E-state index in [1.54, 1.807) is 17.4 Å². The van der Waals surface area contributed by atoms with Crippen LogP contribution >= 0.6 is 59.1 Å². The Morgan fingerprint density at radius 3 is 2.39 bits per heavy atom. The molecule has 0 aliphatic carbocycles. The molecular formula is C12H9Br3FNS. The van der Waals surface area contributed by atoms with Gasteiger partial charge in [0.2, 0.25) is 0 Å². The fourth-order valence-electron chi connectivity index (χ4n) is 1.72. The van der Waals surface area contributed by atoms with Crippen LogP contribution in [0.1, 0.15) is 16.5 Å². The first-order valence-corrected chi connectivity index (χ1v) is 8.29. The maximum absolute atomic E-state index is 13.5. The van der Waals surface area contributed by atoms with Gasteiger partial charge in [0.05, 0.1) is 9.83 Å². The van der Waals surface area contributed by atoms with E-state index in [4.69, 9.17) is 0 Å². The third-order valence-corrected chi connectivity index (χ3v) is 6.23. The number of hydrogen-bond donors (Lipinski definition) is 1. The Morgan fingerprint density at radius 1 is 1.17 bits per heavy atom. The van der Waals surface area contributed by atoms with Gasteiger partial charge in [-0.25, -0.2) is 4.39 Å². The summed E-state index contributed by atoms with van der Waals surface area (Å²) in [5, 5.41) is 3.21. The van der Waals surface area contributed by atoms with Crippen LogP contribution in [-0.2, 0) is 0 Å². The van der Waals surface area contributed by atoms with Crippen molar-refractivity contribution in [3.05, 3.63) is 53.3 Å². The van der Waals surface area contributed by atoms with E-state index in [2.05, 4.69) is 53.1 Å². The Kier molecular flexibility index (Phi) is 4.99. The van der Waals surface area contributed by atoms with Crippen molar-refractivity contribution >= 4 is 59.1 Å². The molecule has 1 nitrogen and oxygen atoms in total. The molecule has 2 rings (SSSR count). The van der Waals surface area contributed by atoms with Crippen molar-refractivity contribution in [1.29, 1.82) is 0 Å². The number of rotatable bonds is 3. The van der Waals surface area contributed by atoms with E-state index in [-0.39, 0.29) is 11.9 Å². The van der Waals surface area contributed by atoms with Crippen molar-refractivity contribution in [2.24, 2.45) is 0 Å². The minimum atomic E-state index is -0.241. The van der Waals surface area contributed by atoms with E-state index in [1.807, 2.05) is 19.2 Å². The molecule has 1 N–H and O–H groups in total. The van der Waals surface area contributed by atoms with Gasteiger partial charge in [-0.1, -0.05) is 15.9 Å². The summed E-state index contributed by atoms with van der Waals surface area (Å²) in [5.74, 6) is -0.241. The van der Waals surface area contributed by atoms with Crippen LogP contribution in [0.15, 0.2) is 37.0 Å². The van der Waals surface area contributed by atoms with Crippen LogP contribution in [0.5, 0.6) is 0 Å². The largest absolute Gasteiger partial charge is 0.309 e. The van der Waals surface area contributed by atoms with E-state index in [0.717, 1.165) is 23.2 Å². The topological polar surface area (TPSA) is 12.0 Å². The Hall–Kier alpha value is 0.250. The molecule has 0 fully saturated rings. The molecule has 0 aliphatic rings. The number of halogens is 4. The highest BCUT2D eigenvalue weighted by atomic mass is 79.9. The Balaban J connectivity index is 2.44. The molecule has 0 radical (unpaired) electrons. The lowest BCUT2D eigenvalue weighted by atomic mass is 10.1. The molecule has 0 saturated carbocycles. The van der Waals surface area contributed by atoms with Crippen molar-refractivity contribution < 1.29 is 4.39 Å². The van der Waals surface area contributed by atoms with E-state index >= 15 is 0 Å². The highest BCUT2D eigenvalue weighted by molar-refractivity contribution is 9.13. The lowest BCUT2D eigenvalue weighted by Crippen LogP contribution is -2.16. The second kappa shape index (κ2) is 6.13. The lowest BCUT2D eigenvalue weighted by Gasteiger charge is -2.15. The summed E-state index contributed by atoms with van der Waals surface area (Å²) in [7, 11) is 1.87. The van der Waals surface area contributed by atoms with E-state index in [0.29, 0.717) is 0 Å². The zero-order valence-corrected chi connectivity index (χ0v) is 14.9. The standard InChI is InChI=1S/C12H9Br3FNS/c1-17-11(10-5-9(14)12(15)18-10)6-2-7(13)4-8(16)3-6/h2-5,11,17H,1H3. The van der Waals surface area contributed by atoms with E-state index in [9.17, 15) is 4.39 Å². The fraction of sp³-hybridized carbons (Fsp3) is 0.167. The van der Waals surface area contributed by atoms with E-state index < -0.39 is 0 Å². The molecule has 6 heteroatoms. The van der Waals surface area contributed by atoms with Gasteiger partial charge in [0.25, 0.3) is 0 Å². The van der Waals surface area contributed by atoms with Crippen LogP contribution < -0.4 is 5.32 Å². The first-order chi connectivity index (χ1) is 8.51. The second-order valence-corrected chi connectivity index (χ2v) is 7.87. The molecule has 1 heterocycles. The molecule has 1 aromatic carbocycles. The molecule has 18 heavy (non-hydrogen) atoms. The first-order valence-electron chi connectivity index (χ1n) is 5.09. The van der Waals surface area contributed by atoms with Crippen LogP contribution in [-0.4, -0.2) is 7.05 Å². The highest BCUT2D eigenvalue weighted by Gasteiger charge is 2.17. The van der Waals surface area contributed by atoms with Crippen LogP contribution in [0.4, 0.5) is 4.39 Å². The summed E-state index contributed by atoms with van der Waals surface area (Å²) >= 11 is 11.9. The minimum absolute atomic E-state index is 0.0235. The maximum Gasteiger partial charge on any atom is 0.124 e. The minimum Gasteiger partial charge on any atom is -0.309 e. The van der Waals surface area contributed by atoms with Gasteiger partial charge < -0.3 is 5.32 Å². The predicted octanol–water partition coefficient (Wildman–Crippen LogP) is 5.48. The Bertz CT molecular complexity index is 531. The zero-order chi connectivity index (χ0) is 13.3. The summed E-state index contributed by atoms with van der Waals surface area (Å²) in [6, 6.07) is 6.94. The van der Waals surface area contributed by atoms with Gasteiger partial charge in [0.15, 0.2) is 0 Å². The van der Waals surface area contributed by atoms with Crippen molar-refractivity contribution in [2.45, 2.75) is 6.04 Å². The molecule has 1 aromatic heterocycles. The fourth-order valence-corrected chi connectivity index (χ4v) is 4.43. The third kappa shape index (κ3) is 3.22. The molecular weight excluding hydrogens is 449 g/mol. The third-order valence-electron chi connectivity index (χ3n) is 2.46. The molecule has 96 valence electrons. The number of hydrogen-bond acceptors (Lipinski definition) is 2. The summed E-state index contributed by atoms with van der Waals surface area (Å²) in [5.41, 5.74) is 0.894. The van der Waals surface area contributed by atoms with Crippen LogP contribution in [0.25, 0.3) is 0 Å². The first kappa shape index (κ1) is 14.7. The van der Waals surface area contributed by atoms with Gasteiger partial charge in [0.1, 0.15) is 5.82 Å². The maximum atomic E-state index is 13.5. The second-order valence-electron chi connectivity index (χ2n) is 3.69. The molecule has 0 aliphatic heterocycles. The Morgan fingerprint density at radius 2 is 1.89 bits per heavy atom. The summed E-state index contributed by atoms with van der Waals surface area (Å²) in [6.45, 7) is 0. The predicted molar refractivity (Wildman–Crippen MR) is 84.7 cm³/mol. The van der Waals surface area contributed by atoms with Crippen LogP contribution in [0.3, 0.4) is 0 Å². The average Bonchev–Trinajstić information content (AvgIpc) is 2.58. The molecule has 1 atom stereocenters. The van der Waals surface area contributed by atoms with Gasteiger partial charge in [-0.05, 0) is 68.7 Å². The smallest absolute Gasteiger partial charge is 0.124 e. The number of benzene rings is 1. The van der Waals surface area contributed by atoms with Gasteiger partial charge in [-0.2, -0.15) is 0 Å².